The van der Waals surface area contributed by atoms with Gasteiger partial charge in [0.15, 0.2) is 0 Å². The molecule has 98 valence electrons. The molecule has 4 nitrogen and oxygen atoms in total. The third-order valence-electron chi connectivity index (χ3n) is 3.82. The number of aromatic nitrogens is 2. The molecule has 1 aliphatic carbocycles. The van der Waals surface area contributed by atoms with Crippen molar-refractivity contribution < 1.29 is 5.21 Å². The number of H-pyrrole nitrogens is 1. The van der Waals surface area contributed by atoms with Gasteiger partial charge in [-0.2, -0.15) is 5.10 Å². The number of fused-ring (bicyclic) bond motifs is 1. The van der Waals surface area contributed by atoms with Gasteiger partial charge < -0.3 is 5.21 Å². The van der Waals surface area contributed by atoms with Crippen LogP contribution in [0.3, 0.4) is 0 Å². The lowest BCUT2D eigenvalue weighted by Gasteiger charge is -2.23. The average Bonchev–Trinajstić information content (AvgIpc) is 2.90. The van der Waals surface area contributed by atoms with Crippen molar-refractivity contribution in [2.45, 2.75) is 32.1 Å². The molecule has 0 radical (unpaired) electrons. The molecule has 19 heavy (non-hydrogen) atoms. The molecule has 0 amide bonds. The Hall–Kier alpha value is -2.10. The maximum absolute atomic E-state index is 9.29. The minimum atomic E-state index is 0.352. The summed E-state index contributed by atoms with van der Waals surface area (Å²) in [6.07, 6.45) is 2.53. The first-order valence-electron chi connectivity index (χ1n) is 6.65. The van der Waals surface area contributed by atoms with Crippen LogP contribution in [0.4, 0.5) is 0 Å². The Labute approximate surface area is 112 Å². The zero-order chi connectivity index (χ0) is 13.2. The van der Waals surface area contributed by atoms with Crippen molar-refractivity contribution in [3.8, 4) is 0 Å². The summed E-state index contributed by atoms with van der Waals surface area (Å²) in [5, 5.41) is 20.2. The molecule has 1 aliphatic rings. The lowest BCUT2D eigenvalue weighted by Crippen LogP contribution is -2.20. The largest absolute Gasteiger partial charge is 0.411 e. The summed E-state index contributed by atoms with van der Waals surface area (Å²) in [7, 11) is 0. The van der Waals surface area contributed by atoms with Gasteiger partial charge in [-0.05, 0) is 24.3 Å². The van der Waals surface area contributed by atoms with Gasteiger partial charge in [-0.3, -0.25) is 5.10 Å². The van der Waals surface area contributed by atoms with Gasteiger partial charge in [0, 0.05) is 17.7 Å². The van der Waals surface area contributed by atoms with Crippen LogP contribution >= 0.6 is 0 Å². The second-order valence-corrected chi connectivity index (χ2v) is 4.94. The number of nitrogens with zero attached hydrogens (tertiary/aromatic N) is 2. The number of nitrogens with one attached hydrogen (secondary N) is 1. The second-order valence-electron chi connectivity index (χ2n) is 4.94. The lowest BCUT2D eigenvalue weighted by molar-refractivity contribution is 0.317. The predicted octanol–water partition coefficient (Wildman–Crippen LogP) is 2.88. The molecule has 1 aromatic heterocycles. The van der Waals surface area contributed by atoms with Crippen LogP contribution in [0.2, 0.25) is 0 Å². The third-order valence-corrected chi connectivity index (χ3v) is 3.82. The lowest BCUT2D eigenvalue weighted by atomic mass is 9.81. The Balaban J connectivity index is 2.00. The summed E-state index contributed by atoms with van der Waals surface area (Å²) in [5.41, 5.74) is 5.14. The number of rotatable bonds is 2. The second kappa shape index (κ2) is 4.88. The van der Waals surface area contributed by atoms with E-state index in [2.05, 4.69) is 34.4 Å². The molecule has 1 heterocycles. The van der Waals surface area contributed by atoms with E-state index in [1.165, 1.54) is 5.56 Å². The first-order chi connectivity index (χ1) is 9.33. The van der Waals surface area contributed by atoms with Crippen LogP contribution in [-0.4, -0.2) is 21.1 Å². The minimum Gasteiger partial charge on any atom is -0.411 e. The Morgan fingerprint density at radius 1 is 1.32 bits per heavy atom. The van der Waals surface area contributed by atoms with E-state index in [0.717, 1.165) is 41.9 Å². The van der Waals surface area contributed by atoms with Gasteiger partial charge in [0.25, 0.3) is 0 Å². The van der Waals surface area contributed by atoms with Crippen molar-refractivity contribution in [3.63, 3.8) is 0 Å². The molecule has 3 rings (SSSR count). The summed E-state index contributed by atoms with van der Waals surface area (Å²) in [4.78, 5) is 0. The molecule has 2 N–H and O–H groups in total. The fourth-order valence-corrected chi connectivity index (χ4v) is 2.87. The molecule has 0 saturated carbocycles. The van der Waals surface area contributed by atoms with Crippen LogP contribution < -0.4 is 0 Å². The first kappa shape index (κ1) is 12.0. The third kappa shape index (κ3) is 2.03. The van der Waals surface area contributed by atoms with Crippen molar-refractivity contribution in [2.75, 3.05) is 0 Å². The standard InChI is InChI=1S/C15H17N3O/c1-2-12-15-13(17-16-12)8-11(9-14(15)18-19)10-6-4-3-5-7-10/h3-7,11,19H,2,8-9H2,1H3,(H,16,17)/b18-14+/t11-/m0/s1. The molecule has 0 fully saturated rings. The summed E-state index contributed by atoms with van der Waals surface area (Å²) >= 11 is 0. The molecule has 0 unspecified atom stereocenters. The fraction of sp³-hybridized carbons (Fsp3) is 0.333. The van der Waals surface area contributed by atoms with Crippen molar-refractivity contribution in [1.82, 2.24) is 10.2 Å². The van der Waals surface area contributed by atoms with Crippen LogP contribution in [-0.2, 0) is 12.8 Å². The monoisotopic (exact) mass is 255 g/mol. The average molecular weight is 255 g/mol. The van der Waals surface area contributed by atoms with Crippen LogP contribution in [0, 0.1) is 0 Å². The molecule has 0 bridgehead atoms. The van der Waals surface area contributed by atoms with Crippen molar-refractivity contribution in [1.29, 1.82) is 0 Å². The Morgan fingerprint density at radius 2 is 2.11 bits per heavy atom. The van der Waals surface area contributed by atoms with Crippen LogP contribution in [0.15, 0.2) is 35.5 Å². The highest BCUT2D eigenvalue weighted by Gasteiger charge is 2.29. The fourth-order valence-electron chi connectivity index (χ4n) is 2.87. The normalized spacial score (nSPS) is 20.5. The zero-order valence-corrected chi connectivity index (χ0v) is 10.9. The van der Waals surface area contributed by atoms with E-state index in [-0.39, 0.29) is 0 Å². The molecule has 4 heteroatoms. The number of aromatic amines is 1. The van der Waals surface area contributed by atoms with Crippen molar-refractivity contribution in [2.24, 2.45) is 5.16 Å². The molecule has 0 spiro atoms. The van der Waals surface area contributed by atoms with E-state index in [0.29, 0.717) is 5.92 Å². The summed E-state index contributed by atoms with van der Waals surface area (Å²) < 4.78 is 0. The quantitative estimate of drug-likeness (QED) is 0.640. The van der Waals surface area contributed by atoms with Crippen molar-refractivity contribution >= 4 is 5.71 Å². The van der Waals surface area contributed by atoms with E-state index in [4.69, 9.17) is 0 Å². The topological polar surface area (TPSA) is 61.3 Å². The highest BCUT2D eigenvalue weighted by molar-refractivity contribution is 6.03. The van der Waals surface area contributed by atoms with Gasteiger partial charge in [0.2, 0.25) is 0 Å². The van der Waals surface area contributed by atoms with Gasteiger partial charge in [-0.15, -0.1) is 0 Å². The Morgan fingerprint density at radius 3 is 2.79 bits per heavy atom. The summed E-state index contributed by atoms with van der Waals surface area (Å²) in [6, 6.07) is 10.4. The zero-order valence-electron chi connectivity index (χ0n) is 10.9. The molecular formula is C15H17N3O. The van der Waals surface area contributed by atoms with Gasteiger partial charge in [-0.25, -0.2) is 0 Å². The summed E-state index contributed by atoms with van der Waals surface area (Å²) in [5.74, 6) is 0.352. The number of hydrogen-bond acceptors (Lipinski definition) is 3. The van der Waals surface area contributed by atoms with Gasteiger partial charge in [-0.1, -0.05) is 42.4 Å². The SMILES string of the molecule is CCc1n[nH]c2c1/C(=N/O)C[C@@H](c1ccccc1)C2. The van der Waals surface area contributed by atoms with Gasteiger partial charge in [0.05, 0.1) is 11.4 Å². The Kier molecular flexibility index (Phi) is 3.07. The number of hydrogen-bond donors (Lipinski definition) is 2. The molecule has 2 aromatic rings. The van der Waals surface area contributed by atoms with Gasteiger partial charge in [0.1, 0.15) is 0 Å². The van der Waals surface area contributed by atoms with Crippen molar-refractivity contribution in [3.05, 3.63) is 52.8 Å². The van der Waals surface area contributed by atoms with E-state index < -0.39 is 0 Å². The molecule has 0 saturated heterocycles. The molecule has 0 aliphatic heterocycles. The summed E-state index contributed by atoms with van der Waals surface area (Å²) in [6.45, 7) is 2.06. The predicted molar refractivity (Wildman–Crippen MR) is 73.8 cm³/mol. The molecule has 1 aromatic carbocycles. The first-order valence-corrected chi connectivity index (χ1v) is 6.65. The maximum Gasteiger partial charge on any atom is 0.0911 e. The maximum atomic E-state index is 9.29. The van der Waals surface area contributed by atoms with Crippen LogP contribution in [0.5, 0.6) is 0 Å². The number of oxime groups is 1. The van der Waals surface area contributed by atoms with E-state index in [9.17, 15) is 5.21 Å². The molecule has 1 atom stereocenters. The smallest absolute Gasteiger partial charge is 0.0911 e. The Bertz CT molecular complexity index is 601. The van der Waals surface area contributed by atoms with E-state index in [1.54, 1.807) is 0 Å². The van der Waals surface area contributed by atoms with Gasteiger partial charge >= 0.3 is 0 Å². The van der Waals surface area contributed by atoms with Crippen LogP contribution in [0.1, 0.15) is 41.8 Å². The van der Waals surface area contributed by atoms with Crippen LogP contribution in [0.25, 0.3) is 0 Å². The van der Waals surface area contributed by atoms with E-state index >= 15 is 0 Å². The number of benzene rings is 1. The number of aryl methyl sites for hydroxylation is 1. The minimum absolute atomic E-state index is 0.352. The molecular weight excluding hydrogens is 238 g/mol. The highest BCUT2D eigenvalue weighted by atomic mass is 16.4. The highest BCUT2D eigenvalue weighted by Crippen LogP contribution is 2.33. The van der Waals surface area contributed by atoms with E-state index in [1.807, 2.05) is 18.2 Å².